The lowest BCUT2D eigenvalue weighted by Gasteiger charge is -2.28. The molecule has 0 bridgehead atoms. The molecular formula is C18H28N4O3. The van der Waals surface area contributed by atoms with Crippen molar-refractivity contribution in [2.75, 3.05) is 19.6 Å². The van der Waals surface area contributed by atoms with Crippen LogP contribution in [0.5, 0.6) is 0 Å². The molecule has 2 heterocycles. The average Bonchev–Trinajstić information content (AvgIpc) is 3.01. The number of nitrogens with one attached hydrogen (secondary N) is 2. The SMILES string of the molecule is CC(C)(C)OC(=O)N1CCCC1CNC(=O)NCCc1ccccn1. The molecule has 1 fully saturated rings. The zero-order chi connectivity index (χ0) is 18.3. The van der Waals surface area contributed by atoms with Gasteiger partial charge in [0.05, 0.1) is 6.04 Å². The lowest BCUT2D eigenvalue weighted by Crippen LogP contribution is -2.47. The van der Waals surface area contributed by atoms with Crippen molar-refractivity contribution in [1.82, 2.24) is 20.5 Å². The van der Waals surface area contributed by atoms with Crippen LogP contribution in [0.1, 0.15) is 39.3 Å². The van der Waals surface area contributed by atoms with Gasteiger partial charge in [0.1, 0.15) is 5.60 Å². The van der Waals surface area contributed by atoms with Crippen molar-refractivity contribution in [3.63, 3.8) is 0 Å². The Bertz CT molecular complexity index is 571. The molecule has 2 N–H and O–H groups in total. The van der Waals surface area contributed by atoms with Gasteiger partial charge < -0.3 is 20.3 Å². The topological polar surface area (TPSA) is 83.6 Å². The van der Waals surface area contributed by atoms with Crippen LogP contribution in [0.3, 0.4) is 0 Å². The molecule has 7 heteroatoms. The first kappa shape index (κ1) is 19.0. The number of ether oxygens (including phenoxy) is 1. The van der Waals surface area contributed by atoms with E-state index in [4.69, 9.17) is 4.74 Å². The second kappa shape index (κ2) is 8.69. The van der Waals surface area contributed by atoms with Gasteiger partial charge >= 0.3 is 12.1 Å². The van der Waals surface area contributed by atoms with Gasteiger partial charge in [-0.25, -0.2) is 9.59 Å². The van der Waals surface area contributed by atoms with Crippen molar-refractivity contribution in [2.24, 2.45) is 0 Å². The first-order valence-corrected chi connectivity index (χ1v) is 8.76. The highest BCUT2D eigenvalue weighted by Crippen LogP contribution is 2.20. The lowest BCUT2D eigenvalue weighted by atomic mass is 10.2. The molecule has 7 nitrogen and oxygen atoms in total. The van der Waals surface area contributed by atoms with E-state index in [-0.39, 0.29) is 18.2 Å². The Labute approximate surface area is 149 Å². The predicted molar refractivity (Wildman–Crippen MR) is 95.3 cm³/mol. The van der Waals surface area contributed by atoms with Crippen LogP contribution in [0.25, 0.3) is 0 Å². The van der Waals surface area contributed by atoms with Crippen molar-refractivity contribution in [2.45, 2.75) is 51.7 Å². The van der Waals surface area contributed by atoms with Crippen LogP contribution in [0, 0.1) is 0 Å². The van der Waals surface area contributed by atoms with E-state index in [1.165, 1.54) is 0 Å². The Hall–Kier alpha value is -2.31. The number of hydrogen-bond donors (Lipinski definition) is 2. The molecule has 0 radical (unpaired) electrons. The van der Waals surface area contributed by atoms with Crippen LogP contribution in [0.15, 0.2) is 24.4 Å². The lowest BCUT2D eigenvalue weighted by molar-refractivity contribution is 0.0228. The second-order valence-electron chi connectivity index (χ2n) is 7.18. The van der Waals surface area contributed by atoms with E-state index in [1.54, 1.807) is 11.1 Å². The van der Waals surface area contributed by atoms with Gasteiger partial charge in [0.15, 0.2) is 0 Å². The fourth-order valence-electron chi connectivity index (χ4n) is 2.73. The predicted octanol–water partition coefficient (Wildman–Crippen LogP) is 2.32. The molecule has 0 aliphatic carbocycles. The van der Waals surface area contributed by atoms with Gasteiger partial charge in [0.2, 0.25) is 0 Å². The van der Waals surface area contributed by atoms with Crippen LogP contribution in [-0.4, -0.2) is 53.3 Å². The van der Waals surface area contributed by atoms with Gasteiger partial charge in [0, 0.05) is 37.9 Å². The van der Waals surface area contributed by atoms with Gasteiger partial charge in [-0.05, 0) is 45.7 Å². The standard InChI is InChI=1S/C18H28N4O3/c1-18(2,3)25-17(24)22-12-6-8-15(22)13-21-16(23)20-11-9-14-7-4-5-10-19-14/h4-5,7,10,15H,6,8-9,11-13H2,1-3H3,(H2,20,21,23). The minimum absolute atomic E-state index is 0.0172. The van der Waals surface area contributed by atoms with Gasteiger partial charge in [-0.1, -0.05) is 6.07 Å². The van der Waals surface area contributed by atoms with Gasteiger partial charge in [-0.2, -0.15) is 0 Å². The summed E-state index contributed by atoms with van der Waals surface area (Å²) in [4.78, 5) is 30.1. The number of carbonyl (C=O) groups excluding carboxylic acids is 2. The Kier molecular flexibility index (Phi) is 6.61. The van der Waals surface area contributed by atoms with Gasteiger partial charge in [0.25, 0.3) is 0 Å². The molecule has 25 heavy (non-hydrogen) atoms. The maximum atomic E-state index is 12.2. The van der Waals surface area contributed by atoms with E-state index >= 15 is 0 Å². The summed E-state index contributed by atoms with van der Waals surface area (Å²) >= 11 is 0. The van der Waals surface area contributed by atoms with Crippen LogP contribution >= 0.6 is 0 Å². The highest BCUT2D eigenvalue weighted by Gasteiger charge is 2.32. The summed E-state index contributed by atoms with van der Waals surface area (Å²) < 4.78 is 5.42. The minimum atomic E-state index is -0.513. The number of hydrogen-bond acceptors (Lipinski definition) is 4. The van der Waals surface area contributed by atoms with Crippen molar-refractivity contribution < 1.29 is 14.3 Å². The third-order valence-electron chi connectivity index (χ3n) is 3.90. The van der Waals surface area contributed by atoms with Gasteiger partial charge in [-0.3, -0.25) is 4.98 Å². The average molecular weight is 348 g/mol. The maximum Gasteiger partial charge on any atom is 0.410 e. The normalized spacial score (nSPS) is 17.2. The second-order valence-corrected chi connectivity index (χ2v) is 7.18. The minimum Gasteiger partial charge on any atom is -0.444 e. The Morgan fingerprint density at radius 2 is 2.12 bits per heavy atom. The molecule has 138 valence electrons. The Morgan fingerprint density at radius 3 is 2.80 bits per heavy atom. The van der Waals surface area contributed by atoms with E-state index in [0.717, 1.165) is 18.5 Å². The van der Waals surface area contributed by atoms with Crippen LogP contribution in [-0.2, 0) is 11.2 Å². The molecule has 1 aromatic rings. The summed E-state index contributed by atoms with van der Waals surface area (Å²) in [5.74, 6) is 0. The van der Waals surface area contributed by atoms with E-state index in [0.29, 0.717) is 26.1 Å². The molecule has 0 aromatic carbocycles. The maximum absolute atomic E-state index is 12.2. The molecule has 1 saturated heterocycles. The molecule has 2 rings (SSSR count). The molecule has 0 saturated carbocycles. The van der Waals surface area contributed by atoms with Crippen molar-refractivity contribution in [1.29, 1.82) is 0 Å². The quantitative estimate of drug-likeness (QED) is 0.855. The Balaban J connectivity index is 1.70. The molecule has 1 unspecified atom stereocenters. The van der Waals surface area contributed by atoms with E-state index in [2.05, 4.69) is 15.6 Å². The Morgan fingerprint density at radius 1 is 1.32 bits per heavy atom. The third kappa shape index (κ3) is 6.60. The van der Waals surface area contributed by atoms with Crippen molar-refractivity contribution in [3.05, 3.63) is 30.1 Å². The number of nitrogens with zero attached hydrogens (tertiary/aromatic N) is 2. The summed E-state index contributed by atoms with van der Waals surface area (Å²) in [5.41, 5.74) is 0.426. The first-order valence-electron chi connectivity index (χ1n) is 8.76. The summed E-state index contributed by atoms with van der Waals surface area (Å²) in [6.45, 7) is 7.16. The van der Waals surface area contributed by atoms with Crippen molar-refractivity contribution in [3.8, 4) is 0 Å². The summed E-state index contributed by atoms with van der Waals surface area (Å²) in [6.07, 6.45) is 3.90. The fraction of sp³-hybridized carbons (Fsp3) is 0.611. The number of likely N-dealkylation sites (tertiary alicyclic amines) is 1. The largest absolute Gasteiger partial charge is 0.444 e. The smallest absolute Gasteiger partial charge is 0.410 e. The fourth-order valence-corrected chi connectivity index (χ4v) is 2.73. The molecule has 1 aromatic heterocycles. The van der Waals surface area contributed by atoms with Crippen LogP contribution in [0.4, 0.5) is 9.59 Å². The number of aromatic nitrogens is 1. The molecule has 1 atom stereocenters. The molecule has 1 aliphatic heterocycles. The zero-order valence-electron chi connectivity index (χ0n) is 15.2. The van der Waals surface area contributed by atoms with Crippen LogP contribution in [0.2, 0.25) is 0 Å². The van der Waals surface area contributed by atoms with E-state index in [1.807, 2.05) is 39.0 Å². The molecule has 1 aliphatic rings. The summed E-state index contributed by atoms with van der Waals surface area (Å²) in [5, 5.41) is 5.65. The highest BCUT2D eigenvalue weighted by atomic mass is 16.6. The van der Waals surface area contributed by atoms with Crippen LogP contribution < -0.4 is 10.6 Å². The third-order valence-corrected chi connectivity index (χ3v) is 3.90. The summed E-state index contributed by atoms with van der Waals surface area (Å²) in [6, 6.07) is 5.47. The molecular weight excluding hydrogens is 320 g/mol. The van der Waals surface area contributed by atoms with Crippen molar-refractivity contribution >= 4 is 12.1 Å². The highest BCUT2D eigenvalue weighted by molar-refractivity contribution is 5.74. The molecule has 3 amide bonds. The number of amides is 3. The number of urea groups is 1. The summed E-state index contributed by atoms with van der Waals surface area (Å²) in [7, 11) is 0. The zero-order valence-corrected chi connectivity index (χ0v) is 15.2. The van der Waals surface area contributed by atoms with E-state index < -0.39 is 5.60 Å². The number of pyridine rings is 1. The van der Waals surface area contributed by atoms with Gasteiger partial charge in [-0.15, -0.1) is 0 Å². The number of rotatable bonds is 5. The molecule has 0 spiro atoms. The first-order chi connectivity index (χ1) is 11.8. The monoisotopic (exact) mass is 348 g/mol. The van der Waals surface area contributed by atoms with E-state index in [9.17, 15) is 9.59 Å². The number of carbonyl (C=O) groups is 2.